The van der Waals surface area contributed by atoms with Gasteiger partial charge in [0.05, 0.1) is 15.8 Å². The number of pyridine rings is 1. The lowest BCUT2D eigenvalue weighted by molar-refractivity contribution is 0.480. The molecule has 0 amide bonds. The van der Waals surface area contributed by atoms with E-state index in [2.05, 4.69) is 4.98 Å². The van der Waals surface area contributed by atoms with Gasteiger partial charge in [0, 0.05) is 22.2 Å². The molecule has 0 saturated carbocycles. The number of hydrogen-bond acceptors (Lipinski definition) is 3. The highest BCUT2D eigenvalue weighted by atomic mass is 35.5. The van der Waals surface area contributed by atoms with Crippen LogP contribution in [0, 0.1) is 5.92 Å². The zero-order valence-corrected chi connectivity index (χ0v) is 12.3. The van der Waals surface area contributed by atoms with Crippen LogP contribution in [0.5, 0.6) is 5.75 Å². The Bertz CT molecular complexity index is 616. The monoisotopic (exact) mass is 301 g/mol. The van der Waals surface area contributed by atoms with Crippen molar-refractivity contribution in [2.75, 3.05) is 5.75 Å². The van der Waals surface area contributed by atoms with Crippen LogP contribution in [0.2, 0.25) is 5.02 Å². The number of halogens is 1. The highest BCUT2D eigenvalue weighted by Gasteiger charge is 2.16. The molecule has 1 unspecified atom stereocenters. The van der Waals surface area contributed by atoms with Crippen LogP contribution >= 0.6 is 11.6 Å². The highest BCUT2D eigenvalue weighted by molar-refractivity contribution is 7.85. The molecular weight excluding hydrogens is 286 g/mol. The van der Waals surface area contributed by atoms with Crippen molar-refractivity contribution < 1.29 is 14.8 Å². The number of rotatable bonds is 3. The van der Waals surface area contributed by atoms with Crippen LogP contribution in [0.3, 0.4) is 0 Å². The number of benzene rings is 1. The van der Waals surface area contributed by atoms with Gasteiger partial charge < -0.3 is 10.6 Å². The molecule has 1 heterocycles. The van der Waals surface area contributed by atoms with Gasteiger partial charge in [-0.25, -0.2) is 0 Å². The van der Waals surface area contributed by atoms with E-state index < -0.39 is 10.8 Å². The Kier molecular flexibility index (Phi) is 5.29. The molecular formula is C13H16ClNO3S. The van der Waals surface area contributed by atoms with E-state index in [9.17, 15) is 9.32 Å². The van der Waals surface area contributed by atoms with Crippen molar-refractivity contribution in [2.45, 2.75) is 18.7 Å². The molecule has 1 atom stereocenters. The topological polar surface area (TPSA) is 81.7 Å². The van der Waals surface area contributed by atoms with E-state index in [-0.39, 0.29) is 16.2 Å². The first-order valence-corrected chi connectivity index (χ1v) is 7.35. The first-order valence-electron chi connectivity index (χ1n) is 5.65. The third-order valence-corrected chi connectivity index (χ3v) is 4.60. The number of fused-ring (bicyclic) bond motifs is 1. The van der Waals surface area contributed by atoms with E-state index in [1.54, 1.807) is 24.4 Å². The lowest BCUT2D eigenvalue weighted by Gasteiger charge is -2.10. The number of aromatic nitrogens is 1. The van der Waals surface area contributed by atoms with Crippen molar-refractivity contribution in [3.8, 4) is 5.75 Å². The van der Waals surface area contributed by atoms with Crippen molar-refractivity contribution >= 4 is 33.3 Å². The molecule has 0 spiro atoms. The van der Waals surface area contributed by atoms with Gasteiger partial charge in [0.25, 0.3) is 0 Å². The van der Waals surface area contributed by atoms with E-state index in [1.807, 2.05) is 13.8 Å². The molecule has 0 aliphatic heterocycles. The lowest BCUT2D eigenvalue weighted by Crippen LogP contribution is -2.05. The van der Waals surface area contributed by atoms with Crippen LogP contribution in [-0.2, 0) is 10.8 Å². The van der Waals surface area contributed by atoms with Gasteiger partial charge in [-0.3, -0.25) is 9.19 Å². The summed E-state index contributed by atoms with van der Waals surface area (Å²) in [6.07, 6.45) is 1.58. The maximum Gasteiger partial charge on any atom is 0.160 e. The average Bonchev–Trinajstić information content (AvgIpc) is 2.33. The van der Waals surface area contributed by atoms with E-state index >= 15 is 0 Å². The van der Waals surface area contributed by atoms with E-state index in [1.165, 1.54) is 0 Å². The van der Waals surface area contributed by atoms with Gasteiger partial charge in [0.1, 0.15) is 5.52 Å². The normalized spacial score (nSPS) is 12.4. The Balaban J connectivity index is 0.00000180. The van der Waals surface area contributed by atoms with Gasteiger partial charge in [0.15, 0.2) is 5.75 Å². The molecule has 2 aromatic rings. The third-order valence-electron chi connectivity index (χ3n) is 2.51. The summed E-state index contributed by atoms with van der Waals surface area (Å²) >= 11 is 5.95. The molecule has 0 aliphatic carbocycles. The predicted molar refractivity (Wildman–Crippen MR) is 78.1 cm³/mol. The SMILES string of the molecule is CC(C)CS(=O)c1cc(Cl)c(O)c2ncccc12.O. The fraction of sp³-hybridized carbons (Fsp3) is 0.308. The van der Waals surface area contributed by atoms with Gasteiger partial charge in [0.2, 0.25) is 0 Å². The summed E-state index contributed by atoms with van der Waals surface area (Å²) in [6, 6.07) is 5.12. The Hall–Kier alpha value is -1.17. The van der Waals surface area contributed by atoms with E-state index in [0.29, 0.717) is 27.5 Å². The Morgan fingerprint density at radius 2 is 2.16 bits per heavy atom. The molecule has 0 fully saturated rings. The van der Waals surface area contributed by atoms with Crippen molar-refractivity contribution in [1.29, 1.82) is 0 Å². The summed E-state index contributed by atoms with van der Waals surface area (Å²) in [7, 11) is -1.14. The van der Waals surface area contributed by atoms with Crippen LogP contribution in [0.1, 0.15) is 13.8 Å². The van der Waals surface area contributed by atoms with Gasteiger partial charge in [-0.15, -0.1) is 0 Å². The maximum absolute atomic E-state index is 12.3. The van der Waals surface area contributed by atoms with E-state index in [4.69, 9.17) is 11.6 Å². The molecule has 19 heavy (non-hydrogen) atoms. The van der Waals surface area contributed by atoms with Crippen LogP contribution in [0.15, 0.2) is 29.3 Å². The molecule has 1 aromatic heterocycles. The minimum atomic E-state index is -1.14. The third kappa shape index (κ3) is 3.23. The first-order chi connectivity index (χ1) is 8.50. The Morgan fingerprint density at radius 1 is 1.47 bits per heavy atom. The number of hydrogen-bond donors (Lipinski definition) is 1. The van der Waals surface area contributed by atoms with Crippen molar-refractivity contribution in [2.24, 2.45) is 5.92 Å². The van der Waals surface area contributed by atoms with Crippen molar-refractivity contribution in [1.82, 2.24) is 4.98 Å². The van der Waals surface area contributed by atoms with E-state index in [0.717, 1.165) is 0 Å². The van der Waals surface area contributed by atoms with Crippen LogP contribution in [-0.4, -0.2) is 25.5 Å². The number of aromatic hydroxyl groups is 1. The zero-order chi connectivity index (χ0) is 13.3. The minimum absolute atomic E-state index is 0. The summed E-state index contributed by atoms with van der Waals surface area (Å²) < 4.78 is 12.3. The summed E-state index contributed by atoms with van der Waals surface area (Å²) in [4.78, 5) is 4.73. The molecule has 0 saturated heterocycles. The van der Waals surface area contributed by atoms with Crippen LogP contribution < -0.4 is 0 Å². The molecule has 6 heteroatoms. The summed E-state index contributed by atoms with van der Waals surface area (Å²) in [6.45, 7) is 4.03. The van der Waals surface area contributed by atoms with Crippen molar-refractivity contribution in [3.05, 3.63) is 29.4 Å². The quantitative estimate of drug-likeness (QED) is 0.945. The Morgan fingerprint density at radius 3 is 2.79 bits per heavy atom. The van der Waals surface area contributed by atoms with Crippen molar-refractivity contribution in [3.63, 3.8) is 0 Å². The zero-order valence-electron chi connectivity index (χ0n) is 10.7. The predicted octanol–water partition coefficient (Wildman–Crippen LogP) is 2.53. The lowest BCUT2D eigenvalue weighted by atomic mass is 10.2. The van der Waals surface area contributed by atoms with Crippen LogP contribution in [0.4, 0.5) is 0 Å². The second-order valence-corrected chi connectivity index (χ2v) is 6.38. The van der Waals surface area contributed by atoms with Gasteiger partial charge in [-0.2, -0.15) is 0 Å². The molecule has 104 valence electrons. The molecule has 1 aromatic carbocycles. The van der Waals surface area contributed by atoms with Gasteiger partial charge in [-0.05, 0) is 24.1 Å². The molecule has 3 N–H and O–H groups in total. The first kappa shape index (κ1) is 15.9. The molecule has 0 aliphatic rings. The number of phenols is 1. The standard InChI is InChI=1S/C13H14ClNO2S.H2O/c1-8(2)7-18(17)11-6-10(14)13(16)12-9(11)4-3-5-15-12;/h3-6,8,16H,7H2,1-2H3;1H2. The fourth-order valence-corrected chi connectivity index (χ4v) is 3.46. The van der Waals surface area contributed by atoms with Crippen LogP contribution in [0.25, 0.3) is 10.9 Å². The van der Waals surface area contributed by atoms with Gasteiger partial charge in [-0.1, -0.05) is 25.4 Å². The summed E-state index contributed by atoms with van der Waals surface area (Å²) in [5, 5.41) is 10.7. The summed E-state index contributed by atoms with van der Waals surface area (Å²) in [5.41, 5.74) is 0.400. The average molecular weight is 302 g/mol. The second-order valence-electron chi connectivity index (χ2n) is 4.51. The molecule has 2 rings (SSSR count). The number of nitrogens with zero attached hydrogens (tertiary/aromatic N) is 1. The largest absolute Gasteiger partial charge is 0.504 e. The smallest absolute Gasteiger partial charge is 0.160 e. The minimum Gasteiger partial charge on any atom is -0.504 e. The fourth-order valence-electron chi connectivity index (χ4n) is 1.75. The summed E-state index contributed by atoms with van der Waals surface area (Å²) in [5.74, 6) is 0.827. The second kappa shape index (κ2) is 6.32. The molecule has 4 nitrogen and oxygen atoms in total. The molecule has 0 bridgehead atoms. The molecule has 0 radical (unpaired) electrons. The highest BCUT2D eigenvalue weighted by Crippen LogP contribution is 2.35. The Labute approximate surface area is 119 Å². The number of phenolic OH excluding ortho intramolecular Hbond substituents is 1. The maximum atomic E-state index is 12.3. The van der Waals surface area contributed by atoms with Gasteiger partial charge >= 0.3 is 0 Å².